The summed E-state index contributed by atoms with van der Waals surface area (Å²) in [6.07, 6.45) is -5.44. The van der Waals surface area contributed by atoms with E-state index in [-0.39, 0.29) is 17.7 Å². The van der Waals surface area contributed by atoms with Gasteiger partial charge in [-0.3, -0.25) is 0 Å². The molecule has 14 nitrogen and oxygen atoms in total. The maximum atomic E-state index is 12.1. The van der Waals surface area contributed by atoms with E-state index >= 15 is 0 Å². The van der Waals surface area contributed by atoms with E-state index in [1.807, 2.05) is 134 Å². The Morgan fingerprint density at radius 3 is 1.48 bits per heavy atom. The molecule has 1 unspecified atom stereocenters. The van der Waals surface area contributed by atoms with Crippen molar-refractivity contribution in [2.75, 3.05) is 41.2 Å². The Hall–Kier alpha value is -8.13. The fourth-order valence-corrected chi connectivity index (χ4v) is 11.7. The predicted octanol–water partition coefficient (Wildman–Crippen LogP) is 27.0. The lowest BCUT2D eigenvalue weighted by Gasteiger charge is -2.09. The number of hydrogen-bond acceptors (Lipinski definition) is 16. The summed E-state index contributed by atoms with van der Waals surface area (Å²) in [5.74, 6) is 7.10. The van der Waals surface area contributed by atoms with Crippen LogP contribution in [0, 0.1) is 90.0 Å². The molecule has 0 saturated carbocycles. The van der Waals surface area contributed by atoms with Crippen molar-refractivity contribution < 1.29 is 64.2 Å². The van der Waals surface area contributed by atoms with Crippen LogP contribution in [0.25, 0.3) is 0 Å². The van der Waals surface area contributed by atoms with Gasteiger partial charge in [0.2, 0.25) is 5.88 Å². The van der Waals surface area contributed by atoms with Gasteiger partial charge in [-0.15, -0.1) is 11.3 Å². The Morgan fingerprint density at radius 1 is 0.531 bits per heavy atom. The average molecular weight is 1770 g/mol. The molecule has 1 aliphatic rings. The van der Waals surface area contributed by atoms with E-state index in [4.69, 9.17) is 91.2 Å². The Kier molecular flexibility index (Phi) is 47.4. The third kappa shape index (κ3) is 44.4. The Bertz CT molecular complexity index is 4410. The Balaban J connectivity index is 0.000000423. The van der Waals surface area contributed by atoms with Crippen LogP contribution >= 0.6 is 96.8 Å². The maximum Gasteiger partial charge on any atom is 0.433 e. The van der Waals surface area contributed by atoms with Crippen molar-refractivity contribution in [3.8, 4) is 46.1 Å². The average Bonchev–Trinajstić information content (AvgIpc) is 1.70. The van der Waals surface area contributed by atoms with Crippen LogP contribution in [0.1, 0.15) is 118 Å². The fraction of sp³-hybridized carbons (Fsp3) is 0.341. The molecule has 28 heteroatoms. The topological polar surface area (TPSA) is 151 Å². The summed E-state index contributed by atoms with van der Waals surface area (Å²) in [5.41, 5.74) is 10.2. The van der Waals surface area contributed by atoms with E-state index in [0.717, 1.165) is 85.7 Å². The summed E-state index contributed by atoms with van der Waals surface area (Å²) in [5, 5.41) is 3.01. The number of halogens is 12. The van der Waals surface area contributed by atoms with E-state index in [2.05, 4.69) is 140 Å². The second kappa shape index (κ2) is 53.1. The first-order valence-corrected chi connectivity index (χ1v) is 39.4. The molecule has 0 radical (unpaired) electrons. The lowest BCUT2D eigenvalue weighted by Crippen LogP contribution is -2.19. The van der Waals surface area contributed by atoms with Crippen LogP contribution in [0.2, 0.25) is 24.7 Å². The molecule has 1 atom stereocenters. The highest BCUT2D eigenvalue weighted by Gasteiger charge is 2.33. The number of thiazole rings is 1. The zero-order valence-electron chi connectivity index (χ0n) is 67.4. The van der Waals surface area contributed by atoms with Crippen LogP contribution in [0.15, 0.2) is 168 Å². The number of methoxy groups -OCH3 is 3. The smallest absolute Gasteiger partial charge is 0.433 e. The summed E-state index contributed by atoms with van der Waals surface area (Å²) in [6, 6.07) is 49.8. The number of fused-ring (bicyclic) bond motifs is 1. The quantitative estimate of drug-likeness (QED) is 0.113. The standard InChI is InChI=1S/C10H12O.2C10H14O.C9H9F3O.C9H12O.C8H9BrO.C8H9ClO.C7H7F3N2.C6H7ClN2O.C4H3Cl2NS.C4H4ClNS/c1-7-3-4-9-6-8(2)11-10(9)5-7;1-8(2)11-10-6-4-5-9(3)7-10;1-4-11-10-7-8(2)5-6-9(10)3;1-7-3-2-4-8(5-7)13-6-9(10,11)12;1-3-10-9-6-4-5-8(2)7-9;2*1-6-3-4-7(9)8(5-6)10-2;1-4-3-6(7(8,9)10)12-5(2)11-4;1-4-8-3-5(7)6(9-4)10-2;1-2-7-3(5)4(6)8-2;1-3-2-4(5)6-7-3/h3-5,8H,6H2,1-2H3;4-8H,1-3H3;5-7H,4H2,1-3H3;2-5H,6H2,1H3;4-7H,3H2,1-2H3;2*3-5H,1-2H3;3H,1-2H3;3H,1-2H3;1H3;2H,1H3. The van der Waals surface area contributed by atoms with Gasteiger partial charge in [-0.1, -0.05) is 131 Å². The molecule has 0 spiro atoms. The molecular formula is C85H100BrCl5F6N6O8S2. The molecule has 0 aliphatic carbocycles. The van der Waals surface area contributed by atoms with E-state index in [1.165, 1.54) is 95.0 Å². The van der Waals surface area contributed by atoms with Crippen molar-refractivity contribution in [2.45, 2.75) is 156 Å². The largest absolute Gasteiger partial charge is 0.496 e. The molecule has 113 heavy (non-hydrogen) atoms. The Morgan fingerprint density at radius 2 is 1.04 bits per heavy atom. The van der Waals surface area contributed by atoms with E-state index in [9.17, 15) is 26.3 Å². The summed E-state index contributed by atoms with van der Waals surface area (Å²) >= 11 is 34.1. The number of rotatable bonds is 11. The van der Waals surface area contributed by atoms with Crippen LogP contribution in [-0.2, 0) is 12.6 Å². The van der Waals surface area contributed by atoms with Gasteiger partial charge in [0.1, 0.15) is 78.2 Å². The molecule has 5 heterocycles. The van der Waals surface area contributed by atoms with Crippen LogP contribution in [-0.4, -0.2) is 88.8 Å². The second-order valence-corrected chi connectivity index (χ2v) is 30.2. The van der Waals surface area contributed by atoms with E-state index < -0.39 is 24.7 Å². The first-order chi connectivity index (χ1) is 53.1. The van der Waals surface area contributed by atoms with Crippen LogP contribution in [0.5, 0.6) is 46.1 Å². The summed E-state index contributed by atoms with van der Waals surface area (Å²) in [4.78, 5) is 19.8. The minimum Gasteiger partial charge on any atom is -0.496 e. The highest BCUT2D eigenvalue weighted by Crippen LogP contribution is 2.32. The third-order valence-corrected chi connectivity index (χ3v) is 17.8. The summed E-state index contributed by atoms with van der Waals surface area (Å²) in [7, 11) is 4.80. The van der Waals surface area contributed by atoms with Gasteiger partial charge in [0.25, 0.3) is 0 Å². The molecule has 0 amide bonds. The van der Waals surface area contributed by atoms with Crippen molar-refractivity contribution in [3.63, 3.8) is 0 Å². The van der Waals surface area contributed by atoms with Gasteiger partial charge < -0.3 is 37.9 Å². The molecule has 12 rings (SSSR count). The van der Waals surface area contributed by atoms with Crippen molar-refractivity contribution in [3.05, 3.63) is 276 Å². The van der Waals surface area contributed by atoms with Gasteiger partial charge in [0, 0.05) is 17.0 Å². The fourth-order valence-electron chi connectivity index (χ4n) is 8.92. The molecule has 0 fully saturated rings. The lowest BCUT2D eigenvalue weighted by atomic mass is 10.1. The van der Waals surface area contributed by atoms with Gasteiger partial charge in [-0.2, -0.15) is 35.7 Å². The van der Waals surface area contributed by atoms with Crippen molar-refractivity contribution in [1.82, 2.24) is 29.3 Å². The highest BCUT2D eigenvalue weighted by atomic mass is 79.9. The molecule has 11 aromatic rings. The second-order valence-electron chi connectivity index (χ2n) is 24.9. The molecule has 0 N–H and O–H groups in total. The van der Waals surface area contributed by atoms with Crippen molar-refractivity contribution >= 4 is 96.8 Å². The van der Waals surface area contributed by atoms with Crippen LogP contribution in [0.4, 0.5) is 26.3 Å². The highest BCUT2D eigenvalue weighted by molar-refractivity contribution is 9.10. The SMILES string of the molecule is CCOc1cc(C)ccc1C.CCOc1cccc(C)c1.COc1cc(C)ccc1Br.COc1cc(C)ccc1Cl.COc1nc(C)ncc1Cl.Cc1cc(C(F)(F)F)nc(C)n1.Cc1cc(Cl)ns1.Cc1ccc2c(c1)OC(C)C2.Cc1cccc(OC(C)C)c1.Cc1cccc(OCC(F)(F)F)c1.Cc1nc(Cl)c(Cl)s1. The normalized spacial score (nSPS) is 11.2. The van der Waals surface area contributed by atoms with Gasteiger partial charge >= 0.3 is 12.4 Å². The van der Waals surface area contributed by atoms with Crippen LogP contribution in [0.3, 0.4) is 0 Å². The van der Waals surface area contributed by atoms with Crippen molar-refractivity contribution in [2.24, 2.45) is 0 Å². The molecule has 7 aromatic carbocycles. The molecule has 1 aliphatic heterocycles. The first-order valence-electron chi connectivity index (χ1n) is 35.1. The molecular weight excluding hydrogens is 1670 g/mol. The predicted molar refractivity (Wildman–Crippen MR) is 456 cm³/mol. The van der Waals surface area contributed by atoms with Crippen molar-refractivity contribution in [1.29, 1.82) is 0 Å². The minimum absolute atomic E-state index is 0.141. The van der Waals surface area contributed by atoms with Gasteiger partial charge in [0.05, 0.1) is 61.3 Å². The summed E-state index contributed by atoms with van der Waals surface area (Å²) < 4.78 is 118. The molecule has 0 saturated heterocycles. The monoisotopic (exact) mass is 1760 g/mol. The number of benzene rings is 7. The Labute approximate surface area is 704 Å². The minimum atomic E-state index is -4.38. The lowest BCUT2D eigenvalue weighted by molar-refractivity contribution is -0.153. The molecule has 614 valence electrons. The van der Waals surface area contributed by atoms with E-state index in [1.54, 1.807) is 46.3 Å². The number of aryl methyl sites for hydroxylation is 13. The number of alkyl halides is 6. The van der Waals surface area contributed by atoms with Gasteiger partial charge in [0.15, 0.2) is 11.8 Å². The maximum absolute atomic E-state index is 12.1. The van der Waals surface area contributed by atoms with Crippen LogP contribution < -0.4 is 37.9 Å². The number of hydrogen-bond donors (Lipinski definition) is 0. The molecule has 4 aromatic heterocycles. The zero-order valence-corrected chi connectivity index (χ0v) is 74.4. The van der Waals surface area contributed by atoms with Gasteiger partial charge in [-0.25, -0.2) is 19.9 Å². The number of nitrogens with zero attached hydrogens (tertiary/aromatic N) is 6. The summed E-state index contributed by atoms with van der Waals surface area (Å²) in [6.45, 7) is 35.1. The van der Waals surface area contributed by atoms with E-state index in [0.29, 0.717) is 48.2 Å². The number of aromatic nitrogens is 6. The zero-order chi connectivity index (χ0) is 85.1. The van der Waals surface area contributed by atoms with Gasteiger partial charge in [-0.05, 0) is 287 Å². The first kappa shape index (κ1) is 101. The molecule has 0 bridgehead atoms. The third-order valence-electron chi connectivity index (χ3n) is 13.9. The number of ether oxygens (including phenoxy) is 8.